The van der Waals surface area contributed by atoms with Gasteiger partial charge < -0.3 is 14.2 Å². The third-order valence-electron chi connectivity index (χ3n) is 4.43. The van der Waals surface area contributed by atoms with E-state index in [2.05, 4.69) is 9.97 Å². The van der Waals surface area contributed by atoms with Crippen molar-refractivity contribution in [2.75, 3.05) is 21.3 Å². The fraction of sp³-hybridized carbons (Fsp3) is 0.200. The minimum Gasteiger partial charge on any atom is -0.497 e. The number of nitrogens with zero attached hydrogens (tertiary/aromatic N) is 3. The Hall–Kier alpha value is -3.28. The first kappa shape index (κ1) is 16.2. The number of fused-ring (bicyclic) bond motifs is 2. The van der Waals surface area contributed by atoms with Crippen molar-refractivity contribution in [3.05, 3.63) is 48.4 Å². The van der Waals surface area contributed by atoms with Gasteiger partial charge in [0.05, 0.1) is 43.6 Å². The average molecular weight is 349 g/mol. The van der Waals surface area contributed by atoms with Crippen LogP contribution in [0.1, 0.15) is 5.69 Å². The molecule has 0 saturated carbocycles. The Bertz CT molecular complexity index is 1120. The molecule has 0 aliphatic rings. The van der Waals surface area contributed by atoms with Gasteiger partial charge in [0.25, 0.3) is 0 Å². The highest BCUT2D eigenvalue weighted by Crippen LogP contribution is 2.34. The van der Waals surface area contributed by atoms with E-state index < -0.39 is 0 Å². The van der Waals surface area contributed by atoms with Crippen molar-refractivity contribution in [3.8, 4) is 22.9 Å². The van der Waals surface area contributed by atoms with Crippen molar-refractivity contribution in [2.45, 2.75) is 6.92 Å². The SMILES string of the molecule is COc1ccc2nc(C)cc(-n3cnc4cc(OC)c(OC)cc43)c2c1. The molecule has 2 heterocycles. The molecule has 0 N–H and O–H groups in total. The number of hydrogen-bond acceptors (Lipinski definition) is 5. The number of aryl methyl sites for hydroxylation is 1. The van der Waals surface area contributed by atoms with Gasteiger partial charge >= 0.3 is 0 Å². The van der Waals surface area contributed by atoms with Crippen LogP contribution in [-0.4, -0.2) is 35.9 Å². The zero-order chi connectivity index (χ0) is 18.3. The predicted octanol–water partition coefficient (Wildman–Crippen LogP) is 3.91. The molecule has 4 rings (SSSR count). The van der Waals surface area contributed by atoms with Crippen LogP contribution in [0.4, 0.5) is 0 Å². The smallest absolute Gasteiger partial charge is 0.163 e. The van der Waals surface area contributed by atoms with Crippen LogP contribution in [0.25, 0.3) is 27.6 Å². The van der Waals surface area contributed by atoms with Gasteiger partial charge in [0.15, 0.2) is 11.5 Å². The molecule has 6 heteroatoms. The first-order valence-corrected chi connectivity index (χ1v) is 8.19. The summed E-state index contributed by atoms with van der Waals surface area (Å²) >= 11 is 0. The molecular weight excluding hydrogens is 330 g/mol. The minimum absolute atomic E-state index is 0.655. The van der Waals surface area contributed by atoms with Gasteiger partial charge in [-0.05, 0) is 31.2 Å². The van der Waals surface area contributed by atoms with Crippen LogP contribution in [0.3, 0.4) is 0 Å². The van der Waals surface area contributed by atoms with E-state index in [1.165, 1.54) is 0 Å². The quantitative estimate of drug-likeness (QED) is 0.559. The summed E-state index contributed by atoms with van der Waals surface area (Å²) in [5.74, 6) is 2.10. The number of aromatic nitrogens is 3. The van der Waals surface area contributed by atoms with E-state index in [4.69, 9.17) is 14.2 Å². The molecule has 0 aliphatic heterocycles. The molecule has 4 aromatic rings. The zero-order valence-electron chi connectivity index (χ0n) is 15.1. The summed E-state index contributed by atoms with van der Waals surface area (Å²) in [7, 11) is 4.90. The van der Waals surface area contributed by atoms with Crippen molar-refractivity contribution in [2.24, 2.45) is 0 Å². The number of pyridine rings is 1. The molecule has 0 amide bonds. The zero-order valence-corrected chi connectivity index (χ0v) is 15.1. The van der Waals surface area contributed by atoms with Gasteiger partial charge in [-0.3, -0.25) is 9.55 Å². The highest BCUT2D eigenvalue weighted by molar-refractivity contribution is 5.91. The van der Waals surface area contributed by atoms with Gasteiger partial charge in [0, 0.05) is 23.2 Å². The second-order valence-corrected chi connectivity index (χ2v) is 5.98. The molecule has 26 heavy (non-hydrogen) atoms. The fourth-order valence-electron chi connectivity index (χ4n) is 3.17. The lowest BCUT2D eigenvalue weighted by molar-refractivity contribution is 0.355. The van der Waals surface area contributed by atoms with Crippen molar-refractivity contribution in [3.63, 3.8) is 0 Å². The fourth-order valence-corrected chi connectivity index (χ4v) is 3.17. The lowest BCUT2D eigenvalue weighted by Crippen LogP contribution is -1.98. The van der Waals surface area contributed by atoms with Crippen molar-refractivity contribution < 1.29 is 14.2 Å². The number of rotatable bonds is 4. The Kier molecular flexibility index (Phi) is 3.88. The predicted molar refractivity (Wildman–Crippen MR) is 101 cm³/mol. The molecule has 0 fully saturated rings. The van der Waals surface area contributed by atoms with Crippen LogP contribution in [0.15, 0.2) is 42.7 Å². The number of methoxy groups -OCH3 is 3. The van der Waals surface area contributed by atoms with E-state index in [9.17, 15) is 0 Å². The molecule has 0 radical (unpaired) electrons. The molecule has 2 aromatic carbocycles. The lowest BCUT2D eigenvalue weighted by Gasteiger charge is -2.12. The Balaban J connectivity index is 2.03. The number of imidazole rings is 1. The largest absolute Gasteiger partial charge is 0.497 e. The molecular formula is C20H19N3O3. The summed E-state index contributed by atoms with van der Waals surface area (Å²) in [6.07, 6.45) is 1.80. The maximum atomic E-state index is 5.45. The van der Waals surface area contributed by atoms with E-state index in [0.717, 1.165) is 39.1 Å². The second-order valence-electron chi connectivity index (χ2n) is 5.98. The van der Waals surface area contributed by atoms with Crippen molar-refractivity contribution in [1.29, 1.82) is 0 Å². The molecule has 0 spiro atoms. The summed E-state index contributed by atoms with van der Waals surface area (Å²) in [5.41, 5.74) is 4.58. The van der Waals surface area contributed by atoms with Gasteiger partial charge in [-0.1, -0.05) is 0 Å². The normalized spacial score (nSPS) is 11.1. The number of benzene rings is 2. The van der Waals surface area contributed by atoms with Crippen molar-refractivity contribution >= 4 is 21.9 Å². The molecule has 0 saturated heterocycles. The van der Waals surface area contributed by atoms with Crippen molar-refractivity contribution in [1.82, 2.24) is 14.5 Å². The molecule has 0 bridgehead atoms. The van der Waals surface area contributed by atoms with Gasteiger partial charge in [0.1, 0.15) is 12.1 Å². The average Bonchev–Trinajstić information content (AvgIpc) is 3.08. The van der Waals surface area contributed by atoms with Gasteiger partial charge in [0.2, 0.25) is 0 Å². The second kappa shape index (κ2) is 6.22. The Labute approximate surface area is 151 Å². The van der Waals surface area contributed by atoms with Gasteiger partial charge in [-0.25, -0.2) is 4.98 Å². The minimum atomic E-state index is 0.655. The van der Waals surface area contributed by atoms with Crippen LogP contribution in [0.5, 0.6) is 17.2 Å². The summed E-state index contributed by atoms with van der Waals surface area (Å²) in [6.45, 7) is 1.98. The van der Waals surface area contributed by atoms with Crippen LogP contribution < -0.4 is 14.2 Å². The highest BCUT2D eigenvalue weighted by atomic mass is 16.5. The highest BCUT2D eigenvalue weighted by Gasteiger charge is 2.14. The summed E-state index contributed by atoms with van der Waals surface area (Å²) < 4.78 is 18.3. The maximum absolute atomic E-state index is 5.45. The van der Waals surface area contributed by atoms with Crippen LogP contribution in [0, 0.1) is 6.92 Å². The van der Waals surface area contributed by atoms with Crippen LogP contribution in [-0.2, 0) is 0 Å². The van der Waals surface area contributed by atoms with Crippen LogP contribution in [0.2, 0.25) is 0 Å². The standard InChI is InChI=1S/C20H19N3O3/c1-12-7-17(14-8-13(24-2)5-6-15(14)22-12)23-11-21-16-9-19(25-3)20(26-4)10-18(16)23/h5-11H,1-4H3. The Morgan fingerprint density at radius 1 is 0.846 bits per heavy atom. The third-order valence-corrected chi connectivity index (χ3v) is 4.43. The summed E-state index contributed by atoms with van der Waals surface area (Å²) in [6, 6.07) is 11.7. The molecule has 2 aromatic heterocycles. The van der Waals surface area contributed by atoms with E-state index in [1.807, 2.05) is 47.9 Å². The molecule has 0 aliphatic carbocycles. The number of ether oxygens (including phenoxy) is 3. The first-order valence-electron chi connectivity index (χ1n) is 8.19. The Morgan fingerprint density at radius 3 is 2.35 bits per heavy atom. The van der Waals surface area contributed by atoms with E-state index in [1.54, 1.807) is 27.7 Å². The molecule has 0 unspecified atom stereocenters. The van der Waals surface area contributed by atoms with Gasteiger partial charge in [-0.2, -0.15) is 0 Å². The van der Waals surface area contributed by atoms with E-state index in [-0.39, 0.29) is 0 Å². The lowest BCUT2D eigenvalue weighted by atomic mass is 10.1. The molecule has 132 valence electrons. The van der Waals surface area contributed by atoms with Crippen LogP contribution >= 0.6 is 0 Å². The Morgan fingerprint density at radius 2 is 1.62 bits per heavy atom. The summed E-state index contributed by atoms with van der Waals surface area (Å²) in [5, 5.41) is 0.990. The summed E-state index contributed by atoms with van der Waals surface area (Å²) in [4.78, 5) is 9.16. The van der Waals surface area contributed by atoms with E-state index in [0.29, 0.717) is 11.5 Å². The number of hydrogen-bond donors (Lipinski definition) is 0. The third kappa shape index (κ3) is 2.50. The van der Waals surface area contributed by atoms with E-state index >= 15 is 0 Å². The first-order chi connectivity index (χ1) is 12.6. The topological polar surface area (TPSA) is 58.4 Å². The molecule has 0 atom stereocenters. The van der Waals surface area contributed by atoms with Gasteiger partial charge in [-0.15, -0.1) is 0 Å². The molecule has 6 nitrogen and oxygen atoms in total. The maximum Gasteiger partial charge on any atom is 0.163 e. The monoisotopic (exact) mass is 349 g/mol.